The number of methoxy groups -OCH3 is 1. The number of ketones is 1. The molecule has 0 amide bonds. The molecule has 0 saturated carbocycles. The number of carbonyl (C=O) groups excluding carboxylic acids is 1. The maximum atomic E-state index is 11.9. The molecule has 15 heavy (non-hydrogen) atoms. The van der Waals surface area contributed by atoms with E-state index < -0.39 is 5.60 Å². The van der Waals surface area contributed by atoms with Crippen LogP contribution in [-0.2, 0) is 9.53 Å². The minimum Gasteiger partial charge on any atom is -0.370 e. The fourth-order valence-electron chi connectivity index (χ4n) is 2.32. The second kappa shape index (κ2) is 5.08. The normalized spacial score (nSPS) is 21.9. The molecule has 1 heterocycles. The Balaban J connectivity index is 2.62. The molecule has 0 aromatic rings. The van der Waals surface area contributed by atoms with E-state index in [0.717, 1.165) is 25.9 Å². The third-order valence-electron chi connectivity index (χ3n) is 3.56. The van der Waals surface area contributed by atoms with Crippen LogP contribution in [0, 0.1) is 0 Å². The highest BCUT2D eigenvalue weighted by atomic mass is 16.5. The summed E-state index contributed by atoms with van der Waals surface area (Å²) in [7, 11) is 1.67. The van der Waals surface area contributed by atoms with Gasteiger partial charge >= 0.3 is 0 Å². The molecule has 1 fully saturated rings. The fraction of sp³-hybridized carbons (Fsp3) is 0.917. The van der Waals surface area contributed by atoms with E-state index in [1.807, 2.05) is 6.92 Å². The third-order valence-corrected chi connectivity index (χ3v) is 3.56. The number of carbonyl (C=O) groups is 1. The third kappa shape index (κ3) is 2.58. The summed E-state index contributed by atoms with van der Waals surface area (Å²) < 4.78 is 5.48. The van der Waals surface area contributed by atoms with Crippen molar-refractivity contribution in [3.63, 3.8) is 0 Å². The molecule has 0 radical (unpaired) electrons. The molecule has 0 aliphatic carbocycles. The number of piperidine rings is 1. The number of hydrogen-bond donors (Lipinski definition) is 0. The van der Waals surface area contributed by atoms with Gasteiger partial charge in [-0.15, -0.1) is 0 Å². The molecular formula is C12H23NO2. The number of likely N-dealkylation sites (tertiary alicyclic amines) is 1. The molecule has 1 saturated heterocycles. The molecule has 3 nitrogen and oxygen atoms in total. The van der Waals surface area contributed by atoms with Gasteiger partial charge in [-0.1, -0.05) is 6.92 Å². The number of nitrogens with zero attached hydrogens (tertiary/aromatic N) is 1. The maximum absolute atomic E-state index is 11.9. The van der Waals surface area contributed by atoms with E-state index in [9.17, 15) is 4.79 Å². The van der Waals surface area contributed by atoms with Gasteiger partial charge in [0.25, 0.3) is 0 Å². The van der Waals surface area contributed by atoms with Crippen LogP contribution in [0.1, 0.15) is 40.0 Å². The van der Waals surface area contributed by atoms with Gasteiger partial charge in [0, 0.05) is 32.7 Å². The molecular weight excluding hydrogens is 190 g/mol. The van der Waals surface area contributed by atoms with Crippen molar-refractivity contribution >= 4 is 5.78 Å². The average Bonchev–Trinajstić information content (AvgIpc) is 2.27. The van der Waals surface area contributed by atoms with Gasteiger partial charge in [-0.05, 0) is 26.7 Å². The van der Waals surface area contributed by atoms with Crippen LogP contribution >= 0.6 is 0 Å². The molecule has 88 valence electrons. The van der Waals surface area contributed by atoms with Crippen LogP contribution in [-0.4, -0.2) is 42.5 Å². The number of hydrogen-bond acceptors (Lipinski definition) is 3. The largest absolute Gasteiger partial charge is 0.370 e. The molecule has 0 unspecified atom stereocenters. The monoisotopic (exact) mass is 213 g/mol. The molecule has 0 spiro atoms. The number of Topliss-reactive ketones (excluding diaryl/α,β-unsaturated/α-hetero) is 1. The topological polar surface area (TPSA) is 29.5 Å². The van der Waals surface area contributed by atoms with Crippen molar-refractivity contribution in [1.82, 2.24) is 4.90 Å². The van der Waals surface area contributed by atoms with Gasteiger partial charge in [0.2, 0.25) is 0 Å². The Morgan fingerprint density at radius 2 is 1.93 bits per heavy atom. The quantitative estimate of drug-likeness (QED) is 0.714. The van der Waals surface area contributed by atoms with Gasteiger partial charge in [-0.25, -0.2) is 0 Å². The summed E-state index contributed by atoms with van der Waals surface area (Å²) in [5.41, 5.74) is -0.486. The summed E-state index contributed by atoms with van der Waals surface area (Å²) in [5, 5.41) is 0. The Morgan fingerprint density at radius 1 is 1.40 bits per heavy atom. The van der Waals surface area contributed by atoms with Crippen molar-refractivity contribution in [1.29, 1.82) is 0 Å². The fourth-order valence-corrected chi connectivity index (χ4v) is 2.32. The predicted molar refractivity (Wildman–Crippen MR) is 61.0 cm³/mol. The summed E-state index contributed by atoms with van der Waals surface area (Å²) in [6.45, 7) is 8.25. The zero-order valence-electron chi connectivity index (χ0n) is 10.4. The van der Waals surface area contributed by atoms with Gasteiger partial charge in [0.15, 0.2) is 5.78 Å². The molecule has 0 bridgehead atoms. The molecule has 1 aliphatic heterocycles. The second-order valence-electron chi connectivity index (χ2n) is 4.60. The number of ether oxygens (including phenoxy) is 1. The lowest BCUT2D eigenvalue weighted by molar-refractivity contribution is -0.147. The van der Waals surface area contributed by atoms with Crippen LogP contribution in [0.5, 0.6) is 0 Å². The van der Waals surface area contributed by atoms with Crippen molar-refractivity contribution < 1.29 is 9.53 Å². The van der Waals surface area contributed by atoms with Crippen LogP contribution in [0.2, 0.25) is 0 Å². The van der Waals surface area contributed by atoms with E-state index in [4.69, 9.17) is 4.74 Å². The maximum Gasteiger partial charge on any atom is 0.164 e. The lowest BCUT2D eigenvalue weighted by Gasteiger charge is -2.41. The smallest absolute Gasteiger partial charge is 0.164 e. The highest BCUT2D eigenvalue weighted by Gasteiger charge is 2.40. The van der Waals surface area contributed by atoms with Crippen LogP contribution in [0.4, 0.5) is 0 Å². The van der Waals surface area contributed by atoms with Crippen molar-refractivity contribution in [2.45, 2.75) is 51.7 Å². The first-order valence-corrected chi connectivity index (χ1v) is 5.88. The first kappa shape index (κ1) is 12.7. The van der Waals surface area contributed by atoms with Crippen LogP contribution in [0.15, 0.2) is 0 Å². The van der Waals surface area contributed by atoms with E-state index >= 15 is 0 Å². The van der Waals surface area contributed by atoms with Gasteiger partial charge in [0.05, 0.1) is 0 Å². The molecule has 0 atom stereocenters. The van der Waals surface area contributed by atoms with Gasteiger partial charge < -0.3 is 9.64 Å². The van der Waals surface area contributed by atoms with E-state index in [2.05, 4.69) is 18.7 Å². The van der Waals surface area contributed by atoms with E-state index in [1.54, 1.807) is 7.11 Å². The molecule has 0 aromatic heterocycles. The van der Waals surface area contributed by atoms with E-state index in [-0.39, 0.29) is 5.78 Å². The van der Waals surface area contributed by atoms with Crippen molar-refractivity contribution in [3.05, 3.63) is 0 Å². The Labute approximate surface area is 92.8 Å². The number of rotatable bonds is 4. The highest BCUT2D eigenvalue weighted by molar-refractivity contribution is 5.87. The van der Waals surface area contributed by atoms with Crippen molar-refractivity contribution in [2.24, 2.45) is 0 Å². The van der Waals surface area contributed by atoms with Gasteiger partial charge in [0.1, 0.15) is 5.60 Å². The molecule has 3 heteroatoms. The van der Waals surface area contributed by atoms with Crippen LogP contribution in [0.25, 0.3) is 0 Å². The van der Waals surface area contributed by atoms with Crippen LogP contribution < -0.4 is 0 Å². The zero-order chi connectivity index (χ0) is 11.5. The van der Waals surface area contributed by atoms with Gasteiger partial charge in [-0.2, -0.15) is 0 Å². The standard InChI is InChI=1S/C12H23NO2/c1-5-11(14)12(15-4)6-8-13(9-7-12)10(2)3/h10H,5-9H2,1-4H3. The molecule has 0 N–H and O–H groups in total. The van der Waals surface area contributed by atoms with E-state index in [1.165, 1.54) is 0 Å². The first-order chi connectivity index (χ1) is 7.05. The van der Waals surface area contributed by atoms with E-state index in [0.29, 0.717) is 12.5 Å². The summed E-state index contributed by atoms with van der Waals surface area (Å²) in [6.07, 6.45) is 2.26. The van der Waals surface area contributed by atoms with Gasteiger partial charge in [-0.3, -0.25) is 4.79 Å². The predicted octanol–water partition coefficient (Wildman–Crippen LogP) is 1.85. The average molecular weight is 213 g/mol. The molecule has 0 aromatic carbocycles. The summed E-state index contributed by atoms with van der Waals surface area (Å²) in [6, 6.07) is 0.566. The second-order valence-corrected chi connectivity index (χ2v) is 4.60. The summed E-state index contributed by atoms with van der Waals surface area (Å²) in [4.78, 5) is 14.3. The lowest BCUT2D eigenvalue weighted by Crippen LogP contribution is -2.51. The Bertz CT molecular complexity index is 218. The summed E-state index contributed by atoms with van der Waals surface area (Å²) >= 11 is 0. The molecule has 1 aliphatic rings. The summed E-state index contributed by atoms with van der Waals surface area (Å²) in [5.74, 6) is 0.258. The lowest BCUT2D eigenvalue weighted by atomic mass is 9.85. The highest BCUT2D eigenvalue weighted by Crippen LogP contribution is 2.28. The molecule has 1 rings (SSSR count). The van der Waals surface area contributed by atoms with Crippen molar-refractivity contribution in [2.75, 3.05) is 20.2 Å². The zero-order valence-corrected chi connectivity index (χ0v) is 10.4. The Hall–Kier alpha value is -0.410. The van der Waals surface area contributed by atoms with Crippen molar-refractivity contribution in [3.8, 4) is 0 Å². The SMILES string of the molecule is CCC(=O)C1(OC)CCN(C(C)C)CC1. The van der Waals surface area contributed by atoms with Crippen LogP contribution in [0.3, 0.4) is 0 Å². The minimum absolute atomic E-state index is 0.258. The Morgan fingerprint density at radius 3 is 2.27 bits per heavy atom. The first-order valence-electron chi connectivity index (χ1n) is 5.88. The minimum atomic E-state index is -0.486. The Kier molecular flexibility index (Phi) is 4.29.